The molecule has 14 heteroatoms. The molecule has 5 rings (SSSR count). The average molecular weight is 603 g/mol. The molecule has 0 aliphatic rings. The Kier molecular flexibility index (Phi) is 7.45. The number of anilines is 1. The lowest BCUT2D eigenvalue weighted by Gasteiger charge is -2.15. The van der Waals surface area contributed by atoms with E-state index >= 15 is 0 Å². The minimum absolute atomic E-state index is 0.0283. The van der Waals surface area contributed by atoms with Crippen LogP contribution in [0.5, 0.6) is 0 Å². The molecule has 2 N–H and O–H groups in total. The summed E-state index contributed by atoms with van der Waals surface area (Å²) in [5, 5.41) is 16.2. The van der Waals surface area contributed by atoms with Crippen molar-refractivity contribution in [3.05, 3.63) is 112 Å². The van der Waals surface area contributed by atoms with Crippen LogP contribution in [0.15, 0.2) is 79.0 Å². The Hall–Kier alpha value is -4.78. The van der Waals surface area contributed by atoms with Crippen LogP contribution >= 0.6 is 11.6 Å². The van der Waals surface area contributed by atoms with Crippen LogP contribution in [0.3, 0.4) is 0 Å². The van der Waals surface area contributed by atoms with E-state index in [4.69, 9.17) is 17.3 Å². The van der Waals surface area contributed by atoms with Gasteiger partial charge in [0, 0.05) is 11.1 Å². The summed E-state index contributed by atoms with van der Waals surface area (Å²) in [7, 11) is 0. The van der Waals surface area contributed by atoms with Crippen LogP contribution in [0.4, 0.5) is 32.0 Å². The molecular formula is C28H17ClF6N6O. The summed E-state index contributed by atoms with van der Waals surface area (Å²) in [5.74, 6) is -0.607. The van der Waals surface area contributed by atoms with E-state index in [-0.39, 0.29) is 50.5 Å². The molecule has 0 saturated carbocycles. The zero-order valence-electron chi connectivity index (χ0n) is 21.1. The molecule has 0 fully saturated rings. The second-order valence-electron chi connectivity index (χ2n) is 9.06. The highest BCUT2D eigenvalue weighted by atomic mass is 35.5. The zero-order valence-corrected chi connectivity index (χ0v) is 21.8. The summed E-state index contributed by atoms with van der Waals surface area (Å²) < 4.78 is 82.1. The Morgan fingerprint density at radius 1 is 0.833 bits per heavy atom. The van der Waals surface area contributed by atoms with Gasteiger partial charge >= 0.3 is 12.4 Å². The van der Waals surface area contributed by atoms with Gasteiger partial charge in [0.2, 0.25) is 0 Å². The van der Waals surface area contributed by atoms with Crippen LogP contribution in [0.1, 0.15) is 32.6 Å². The van der Waals surface area contributed by atoms with Crippen LogP contribution in [0.25, 0.3) is 22.6 Å². The first-order valence-electron chi connectivity index (χ1n) is 12.0. The van der Waals surface area contributed by atoms with E-state index in [0.717, 1.165) is 10.9 Å². The fourth-order valence-corrected chi connectivity index (χ4v) is 4.55. The Morgan fingerprint density at radius 2 is 1.45 bits per heavy atom. The topological polar surface area (TPSA) is 99.6 Å². The van der Waals surface area contributed by atoms with Crippen LogP contribution in [-0.4, -0.2) is 31.0 Å². The summed E-state index contributed by atoms with van der Waals surface area (Å²) in [4.78, 5) is 13.6. The normalized spacial score (nSPS) is 12.0. The number of aromatic nitrogens is 5. The number of nitrogens with two attached hydrogens (primary N) is 1. The molecule has 214 valence electrons. The zero-order chi connectivity index (χ0) is 30.2. The Labute approximate surface area is 238 Å². The standard InChI is InChI=1S/C28H17ClF6N6O/c29-20-9-5-4-8-19(20)26(42)22-21(36)13-37-38-23(22)24-25(16-6-2-1-3-7-16)41(40-39-24)14-15-10-17(27(30,31)32)12-18(11-15)28(33,34)35/h1-13H,14H2,(H2,36,38). The Balaban J connectivity index is 1.70. The molecule has 2 aromatic heterocycles. The number of nitrogen functional groups attached to an aromatic ring is 1. The van der Waals surface area contributed by atoms with Crippen LogP contribution in [0.2, 0.25) is 5.02 Å². The van der Waals surface area contributed by atoms with Gasteiger partial charge in [-0.15, -0.1) is 10.2 Å². The number of nitrogens with zero attached hydrogens (tertiary/aromatic N) is 5. The number of ketones is 1. The van der Waals surface area contributed by atoms with Crippen molar-refractivity contribution in [3.8, 4) is 22.6 Å². The van der Waals surface area contributed by atoms with Crippen LogP contribution < -0.4 is 5.73 Å². The van der Waals surface area contributed by atoms with Crippen molar-refractivity contribution < 1.29 is 31.1 Å². The first-order valence-corrected chi connectivity index (χ1v) is 12.4. The highest BCUT2D eigenvalue weighted by Crippen LogP contribution is 2.38. The lowest BCUT2D eigenvalue weighted by molar-refractivity contribution is -0.143. The van der Waals surface area contributed by atoms with Gasteiger partial charge in [0.05, 0.1) is 45.8 Å². The molecular weight excluding hydrogens is 586 g/mol. The highest BCUT2D eigenvalue weighted by Gasteiger charge is 2.37. The maximum atomic E-state index is 13.6. The number of rotatable bonds is 6. The largest absolute Gasteiger partial charge is 0.416 e. The number of alkyl halides is 6. The van der Waals surface area contributed by atoms with Crippen LogP contribution in [-0.2, 0) is 18.9 Å². The van der Waals surface area contributed by atoms with E-state index in [2.05, 4.69) is 20.5 Å². The number of hydrogen-bond acceptors (Lipinski definition) is 6. The maximum Gasteiger partial charge on any atom is 0.416 e. The molecule has 7 nitrogen and oxygen atoms in total. The van der Waals surface area contributed by atoms with E-state index in [0.29, 0.717) is 17.7 Å². The lowest BCUT2D eigenvalue weighted by Crippen LogP contribution is -2.13. The van der Waals surface area contributed by atoms with Gasteiger partial charge in [-0.3, -0.25) is 4.79 Å². The van der Waals surface area contributed by atoms with Crippen molar-refractivity contribution in [1.29, 1.82) is 0 Å². The average Bonchev–Trinajstić information content (AvgIpc) is 3.35. The van der Waals surface area contributed by atoms with E-state index in [1.165, 1.54) is 12.1 Å². The molecule has 0 aliphatic carbocycles. The first kappa shape index (κ1) is 28.7. The summed E-state index contributed by atoms with van der Waals surface area (Å²) >= 11 is 6.24. The van der Waals surface area contributed by atoms with Gasteiger partial charge < -0.3 is 5.73 Å². The van der Waals surface area contributed by atoms with Gasteiger partial charge in [-0.1, -0.05) is 59.3 Å². The lowest BCUT2D eigenvalue weighted by atomic mass is 9.97. The predicted octanol–water partition coefficient (Wildman–Crippen LogP) is 6.95. The highest BCUT2D eigenvalue weighted by molar-refractivity contribution is 6.35. The number of carbonyl (C=O) groups excluding carboxylic acids is 1. The molecule has 0 atom stereocenters. The maximum absolute atomic E-state index is 13.6. The second-order valence-corrected chi connectivity index (χ2v) is 9.46. The van der Waals surface area contributed by atoms with Gasteiger partial charge in [-0.25, -0.2) is 4.68 Å². The minimum Gasteiger partial charge on any atom is -0.397 e. The molecule has 5 aromatic rings. The minimum atomic E-state index is -5.03. The Bertz CT molecular complexity index is 1750. The van der Waals surface area contributed by atoms with Crippen molar-refractivity contribution in [2.45, 2.75) is 18.9 Å². The van der Waals surface area contributed by atoms with E-state index in [1.54, 1.807) is 42.5 Å². The van der Waals surface area contributed by atoms with Crippen molar-refractivity contribution in [2.75, 3.05) is 5.73 Å². The fourth-order valence-electron chi connectivity index (χ4n) is 4.33. The predicted molar refractivity (Wildman–Crippen MR) is 141 cm³/mol. The smallest absolute Gasteiger partial charge is 0.397 e. The molecule has 0 amide bonds. The van der Waals surface area contributed by atoms with Crippen LogP contribution in [0, 0.1) is 0 Å². The molecule has 42 heavy (non-hydrogen) atoms. The first-order chi connectivity index (χ1) is 19.8. The third-order valence-corrected chi connectivity index (χ3v) is 6.54. The third-order valence-electron chi connectivity index (χ3n) is 6.21. The third kappa shape index (κ3) is 5.68. The molecule has 0 unspecified atom stereocenters. The summed E-state index contributed by atoms with van der Waals surface area (Å²) in [6.07, 6.45) is -8.91. The molecule has 0 saturated heterocycles. The second kappa shape index (κ2) is 10.9. The van der Waals surface area contributed by atoms with Crippen molar-refractivity contribution in [1.82, 2.24) is 25.2 Å². The number of carbonyl (C=O) groups is 1. The molecule has 3 aromatic carbocycles. The molecule has 0 spiro atoms. The summed E-state index contributed by atoms with van der Waals surface area (Å²) in [6, 6.07) is 15.7. The van der Waals surface area contributed by atoms with E-state index in [1.807, 2.05) is 0 Å². The monoisotopic (exact) mass is 602 g/mol. The number of halogens is 7. The van der Waals surface area contributed by atoms with Crippen molar-refractivity contribution in [2.24, 2.45) is 0 Å². The summed E-state index contributed by atoms with van der Waals surface area (Å²) in [6.45, 7) is -0.534. The van der Waals surface area contributed by atoms with Gasteiger partial charge in [0.1, 0.15) is 11.4 Å². The molecule has 0 bridgehead atoms. The van der Waals surface area contributed by atoms with Gasteiger partial charge in [-0.05, 0) is 35.9 Å². The Morgan fingerprint density at radius 3 is 2.07 bits per heavy atom. The number of hydrogen-bond donors (Lipinski definition) is 1. The van der Waals surface area contributed by atoms with Crippen molar-refractivity contribution >= 4 is 23.1 Å². The van der Waals surface area contributed by atoms with Crippen molar-refractivity contribution in [3.63, 3.8) is 0 Å². The molecule has 2 heterocycles. The summed E-state index contributed by atoms with van der Waals surface area (Å²) in [5.41, 5.74) is 3.25. The number of benzene rings is 3. The van der Waals surface area contributed by atoms with E-state index < -0.39 is 35.8 Å². The fraction of sp³-hybridized carbons (Fsp3) is 0.107. The molecule has 0 radical (unpaired) electrons. The SMILES string of the molecule is Nc1cnnc(-c2nnn(Cc3cc(C(F)(F)F)cc(C(F)(F)F)c3)c2-c2ccccc2)c1C(=O)c1ccccc1Cl. The van der Waals surface area contributed by atoms with E-state index in [9.17, 15) is 31.1 Å². The van der Waals surface area contributed by atoms with Gasteiger partial charge in [0.15, 0.2) is 5.78 Å². The van der Waals surface area contributed by atoms with Gasteiger partial charge in [-0.2, -0.15) is 31.4 Å². The molecule has 0 aliphatic heterocycles. The van der Waals surface area contributed by atoms with Gasteiger partial charge in [0.25, 0.3) is 0 Å². The quantitative estimate of drug-likeness (QED) is 0.167.